The fraction of sp³-hybridized carbons (Fsp3) is 0.176. The minimum atomic E-state index is -0.190. The fourth-order valence-corrected chi connectivity index (χ4v) is 2.60. The number of benzene rings is 2. The first kappa shape index (κ1) is 15.9. The highest BCUT2D eigenvalue weighted by atomic mass is 32.2. The number of thioether (sulfide) groups is 1. The Balaban J connectivity index is 2.10. The summed E-state index contributed by atoms with van der Waals surface area (Å²) in [6.45, 7) is 2.53. The van der Waals surface area contributed by atoms with Crippen LogP contribution in [0.4, 0.5) is 5.69 Å². The van der Waals surface area contributed by atoms with Crippen molar-refractivity contribution in [2.45, 2.75) is 11.8 Å². The van der Waals surface area contributed by atoms with Crippen molar-refractivity contribution in [2.24, 2.45) is 0 Å². The third-order valence-corrected chi connectivity index (χ3v) is 3.79. The molecule has 0 spiro atoms. The summed E-state index contributed by atoms with van der Waals surface area (Å²) in [5, 5.41) is 11.5. The summed E-state index contributed by atoms with van der Waals surface area (Å²) in [7, 11) is 0. The van der Waals surface area contributed by atoms with Crippen molar-refractivity contribution in [2.75, 3.05) is 17.7 Å². The van der Waals surface area contributed by atoms with Gasteiger partial charge in [-0.1, -0.05) is 12.1 Å². The van der Waals surface area contributed by atoms with Crippen LogP contribution in [0.2, 0.25) is 0 Å². The van der Waals surface area contributed by atoms with Crippen molar-refractivity contribution in [1.29, 1.82) is 5.26 Å². The van der Waals surface area contributed by atoms with Crippen molar-refractivity contribution >= 4 is 23.4 Å². The van der Waals surface area contributed by atoms with Gasteiger partial charge in [-0.05, 0) is 43.3 Å². The zero-order chi connectivity index (χ0) is 15.8. The molecule has 0 saturated carbocycles. The molecule has 22 heavy (non-hydrogen) atoms. The molecule has 0 aromatic heterocycles. The molecule has 2 aromatic carbocycles. The second kappa shape index (κ2) is 8.11. The zero-order valence-corrected chi connectivity index (χ0v) is 13.0. The first-order valence-electron chi connectivity index (χ1n) is 6.87. The Kier molecular flexibility index (Phi) is 5.87. The fourth-order valence-electron chi connectivity index (χ4n) is 1.89. The topological polar surface area (TPSA) is 62.1 Å². The standard InChI is InChI=1S/C17H16N2O2S/c1-2-21-14-9-7-13(8-10-14)19-17(20)15-5-3-4-6-16(15)22-12-11-18/h3-10H,2,12H2,1H3,(H,19,20). The molecule has 4 nitrogen and oxygen atoms in total. The number of nitrogens with zero attached hydrogens (tertiary/aromatic N) is 1. The summed E-state index contributed by atoms with van der Waals surface area (Å²) in [4.78, 5) is 13.2. The van der Waals surface area contributed by atoms with Crippen molar-refractivity contribution in [3.63, 3.8) is 0 Å². The van der Waals surface area contributed by atoms with Crippen LogP contribution in [0.25, 0.3) is 0 Å². The number of hydrogen-bond donors (Lipinski definition) is 1. The molecule has 112 valence electrons. The first-order valence-corrected chi connectivity index (χ1v) is 7.86. The van der Waals surface area contributed by atoms with E-state index < -0.39 is 0 Å². The van der Waals surface area contributed by atoms with Gasteiger partial charge in [-0.2, -0.15) is 5.26 Å². The Bertz CT molecular complexity index is 678. The third kappa shape index (κ3) is 4.27. The van der Waals surface area contributed by atoms with Gasteiger partial charge in [0.05, 0.1) is 24.0 Å². The maximum atomic E-state index is 12.4. The summed E-state index contributed by atoms with van der Waals surface area (Å²) < 4.78 is 5.37. The lowest BCUT2D eigenvalue weighted by Crippen LogP contribution is -2.13. The molecule has 0 bridgehead atoms. The Labute approximate surface area is 134 Å². The number of carbonyl (C=O) groups excluding carboxylic acids is 1. The SMILES string of the molecule is CCOc1ccc(NC(=O)c2ccccc2SCC#N)cc1. The lowest BCUT2D eigenvalue weighted by molar-refractivity contribution is 0.102. The summed E-state index contributed by atoms with van der Waals surface area (Å²) in [6.07, 6.45) is 0. The van der Waals surface area contributed by atoms with E-state index in [0.717, 1.165) is 10.6 Å². The highest BCUT2D eigenvalue weighted by molar-refractivity contribution is 7.99. The van der Waals surface area contributed by atoms with Gasteiger partial charge >= 0.3 is 0 Å². The Morgan fingerprint density at radius 1 is 1.23 bits per heavy atom. The normalized spacial score (nSPS) is 9.82. The molecule has 0 radical (unpaired) electrons. The maximum absolute atomic E-state index is 12.4. The molecule has 5 heteroatoms. The molecule has 0 aliphatic heterocycles. The van der Waals surface area contributed by atoms with E-state index >= 15 is 0 Å². The van der Waals surface area contributed by atoms with E-state index in [4.69, 9.17) is 10.00 Å². The van der Waals surface area contributed by atoms with Crippen LogP contribution < -0.4 is 10.1 Å². The molecule has 0 atom stereocenters. The Hall–Kier alpha value is -2.45. The third-order valence-electron chi connectivity index (χ3n) is 2.85. The maximum Gasteiger partial charge on any atom is 0.256 e. The molecule has 0 fully saturated rings. The smallest absolute Gasteiger partial charge is 0.256 e. The predicted octanol–water partition coefficient (Wildman–Crippen LogP) is 3.95. The second-order valence-corrected chi connectivity index (χ2v) is 5.37. The van der Waals surface area contributed by atoms with Crippen LogP contribution in [0.5, 0.6) is 5.75 Å². The van der Waals surface area contributed by atoms with Gasteiger partial charge in [-0.25, -0.2) is 0 Å². The Morgan fingerprint density at radius 2 is 1.95 bits per heavy atom. The largest absolute Gasteiger partial charge is 0.494 e. The summed E-state index contributed by atoms with van der Waals surface area (Å²) in [6, 6.07) is 16.6. The van der Waals surface area contributed by atoms with E-state index in [1.807, 2.05) is 37.3 Å². The highest BCUT2D eigenvalue weighted by Gasteiger charge is 2.11. The van der Waals surface area contributed by atoms with Gasteiger partial charge in [-0.15, -0.1) is 11.8 Å². The van der Waals surface area contributed by atoms with E-state index in [1.165, 1.54) is 11.8 Å². The Morgan fingerprint density at radius 3 is 2.64 bits per heavy atom. The van der Waals surface area contributed by atoms with Crippen LogP contribution in [-0.4, -0.2) is 18.3 Å². The van der Waals surface area contributed by atoms with Crippen molar-refractivity contribution < 1.29 is 9.53 Å². The van der Waals surface area contributed by atoms with Crippen LogP contribution in [0.15, 0.2) is 53.4 Å². The number of anilines is 1. The van der Waals surface area contributed by atoms with Crippen molar-refractivity contribution in [3.8, 4) is 11.8 Å². The van der Waals surface area contributed by atoms with Crippen molar-refractivity contribution in [1.82, 2.24) is 0 Å². The molecule has 2 aromatic rings. The minimum absolute atomic E-state index is 0.190. The summed E-state index contributed by atoms with van der Waals surface area (Å²) in [5.74, 6) is 0.892. The van der Waals surface area contributed by atoms with Gasteiger partial charge in [0.15, 0.2) is 0 Å². The molecule has 1 amide bonds. The van der Waals surface area contributed by atoms with Gasteiger partial charge in [-0.3, -0.25) is 4.79 Å². The average Bonchev–Trinajstić information content (AvgIpc) is 2.55. The molecule has 0 unspecified atom stereocenters. The quantitative estimate of drug-likeness (QED) is 0.820. The lowest BCUT2D eigenvalue weighted by Gasteiger charge is -2.09. The second-order valence-electron chi connectivity index (χ2n) is 4.35. The van der Waals surface area contributed by atoms with Crippen LogP contribution in [0.1, 0.15) is 17.3 Å². The number of hydrogen-bond acceptors (Lipinski definition) is 4. The average molecular weight is 312 g/mol. The molecule has 0 saturated heterocycles. The van der Waals surface area contributed by atoms with E-state index in [9.17, 15) is 4.79 Å². The minimum Gasteiger partial charge on any atom is -0.494 e. The number of nitriles is 1. The van der Waals surface area contributed by atoms with Gasteiger partial charge in [0.1, 0.15) is 5.75 Å². The van der Waals surface area contributed by atoms with Gasteiger partial charge in [0, 0.05) is 10.6 Å². The number of carbonyl (C=O) groups is 1. The van der Waals surface area contributed by atoms with E-state index in [2.05, 4.69) is 11.4 Å². The number of amides is 1. The zero-order valence-electron chi connectivity index (χ0n) is 12.2. The van der Waals surface area contributed by atoms with Gasteiger partial charge < -0.3 is 10.1 Å². The lowest BCUT2D eigenvalue weighted by atomic mass is 10.2. The van der Waals surface area contributed by atoms with Crippen LogP contribution in [0, 0.1) is 11.3 Å². The van der Waals surface area contributed by atoms with E-state index in [0.29, 0.717) is 23.6 Å². The van der Waals surface area contributed by atoms with E-state index in [-0.39, 0.29) is 5.91 Å². The molecule has 0 aliphatic carbocycles. The van der Waals surface area contributed by atoms with E-state index in [1.54, 1.807) is 18.2 Å². The van der Waals surface area contributed by atoms with Crippen molar-refractivity contribution in [3.05, 3.63) is 54.1 Å². The molecular weight excluding hydrogens is 296 g/mol. The number of rotatable bonds is 6. The molecule has 1 N–H and O–H groups in total. The molecule has 2 rings (SSSR count). The highest BCUT2D eigenvalue weighted by Crippen LogP contribution is 2.23. The molecular formula is C17H16N2O2S. The number of nitrogens with one attached hydrogen (secondary N) is 1. The summed E-state index contributed by atoms with van der Waals surface area (Å²) >= 11 is 1.35. The molecule has 0 heterocycles. The predicted molar refractivity (Wildman–Crippen MR) is 88.3 cm³/mol. The van der Waals surface area contributed by atoms with Crippen LogP contribution in [-0.2, 0) is 0 Å². The monoisotopic (exact) mass is 312 g/mol. The molecule has 0 aliphatic rings. The first-order chi connectivity index (χ1) is 10.7. The number of ether oxygens (including phenoxy) is 1. The van der Waals surface area contributed by atoms with Crippen LogP contribution >= 0.6 is 11.8 Å². The van der Waals surface area contributed by atoms with Crippen LogP contribution in [0.3, 0.4) is 0 Å². The van der Waals surface area contributed by atoms with Gasteiger partial charge in [0.25, 0.3) is 5.91 Å². The summed E-state index contributed by atoms with van der Waals surface area (Å²) in [5.41, 5.74) is 1.27. The van der Waals surface area contributed by atoms with Gasteiger partial charge in [0.2, 0.25) is 0 Å².